The molecular weight excluding hydrogens is 675 g/mol. The van der Waals surface area contributed by atoms with Gasteiger partial charge in [0.15, 0.2) is 0 Å². The molecule has 0 aliphatic heterocycles. The van der Waals surface area contributed by atoms with Gasteiger partial charge in [-0.2, -0.15) is 0 Å². The topological polar surface area (TPSA) is 3.24 Å². The third kappa shape index (κ3) is 4.20. The Labute approximate surface area is 326 Å². The summed E-state index contributed by atoms with van der Waals surface area (Å²) in [7, 11) is 0. The van der Waals surface area contributed by atoms with E-state index in [1.807, 2.05) is 0 Å². The van der Waals surface area contributed by atoms with Crippen LogP contribution in [0, 0.1) is 0 Å². The molecule has 12 rings (SSSR count). The minimum absolute atomic E-state index is 0.477. The van der Waals surface area contributed by atoms with Gasteiger partial charge in [-0.15, -0.1) is 0 Å². The van der Waals surface area contributed by atoms with Gasteiger partial charge in [-0.25, -0.2) is 0 Å². The highest BCUT2D eigenvalue weighted by Crippen LogP contribution is 2.66. The van der Waals surface area contributed by atoms with E-state index < -0.39 is 5.41 Å². The Hall–Kier alpha value is -7.22. The van der Waals surface area contributed by atoms with Crippen LogP contribution in [0.1, 0.15) is 22.3 Å². The molecule has 1 heteroatoms. The van der Waals surface area contributed by atoms with E-state index in [1.165, 1.54) is 88.0 Å². The molecule has 1 spiro atoms. The van der Waals surface area contributed by atoms with Gasteiger partial charge >= 0.3 is 0 Å². The van der Waals surface area contributed by atoms with Gasteiger partial charge in [0.2, 0.25) is 0 Å². The third-order valence-electron chi connectivity index (χ3n) is 12.4. The molecule has 0 saturated carbocycles. The van der Waals surface area contributed by atoms with Crippen molar-refractivity contribution in [3.8, 4) is 33.4 Å². The highest BCUT2D eigenvalue weighted by Gasteiger charge is 2.53. The van der Waals surface area contributed by atoms with Crippen LogP contribution in [-0.4, -0.2) is 0 Å². The molecule has 0 radical (unpaired) electrons. The second-order valence-corrected chi connectivity index (χ2v) is 15.2. The molecule has 0 fully saturated rings. The molecule has 1 nitrogen and oxygen atoms in total. The number of hydrogen-bond acceptors (Lipinski definition) is 1. The van der Waals surface area contributed by atoms with Crippen molar-refractivity contribution < 1.29 is 0 Å². The standard InChI is InChI=1S/C55H35N/c1-3-16-36(17-4-1)38-19-15-22-40(34-38)56(39-20-5-2-6-21-39)41-31-32-47-48(35-41)43-24-9-10-27-46(43)53-52-42-23-8-7-18-37(42)30-33-51(52)55(54(47)53)49-28-13-11-25-44(49)45-26-12-14-29-50(45)55/h1-35H. The third-order valence-corrected chi connectivity index (χ3v) is 12.4. The zero-order valence-electron chi connectivity index (χ0n) is 30.7. The fourth-order valence-electron chi connectivity index (χ4n) is 10.2. The van der Waals surface area contributed by atoms with E-state index in [2.05, 4.69) is 217 Å². The van der Waals surface area contributed by atoms with Crippen molar-refractivity contribution in [2.24, 2.45) is 0 Å². The zero-order chi connectivity index (χ0) is 36.8. The van der Waals surface area contributed by atoms with Crippen LogP contribution in [0.3, 0.4) is 0 Å². The monoisotopic (exact) mass is 709 g/mol. The Morgan fingerprint density at radius 2 is 0.893 bits per heavy atom. The van der Waals surface area contributed by atoms with E-state index in [0.29, 0.717) is 0 Å². The average Bonchev–Trinajstić information content (AvgIpc) is 3.76. The van der Waals surface area contributed by atoms with Crippen molar-refractivity contribution in [3.63, 3.8) is 0 Å². The van der Waals surface area contributed by atoms with E-state index in [9.17, 15) is 0 Å². The number of fused-ring (bicyclic) bond motifs is 17. The van der Waals surface area contributed by atoms with Gasteiger partial charge in [0.25, 0.3) is 0 Å². The van der Waals surface area contributed by atoms with Crippen molar-refractivity contribution >= 4 is 49.4 Å². The Bertz CT molecular complexity index is 3150. The number of anilines is 3. The Balaban J connectivity index is 1.21. The van der Waals surface area contributed by atoms with Crippen LogP contribution in [0.4, 0.5) is 17.1 Å². The number of benzene rings is 10. The summed E-state index contributed by atoms with van der Waals surface area (Å²) in [6.07, 6.45) is 0. The summed E-state index contributed by atoms with van der Waals surface area (Å²) in [5.41, 5.74) is 16.1. The van der Waals surface area contributed by atoms with Crippen LogP contribution in [0.5, 0.6) is 0 Å². The molecule has 10 aromatic rings. The number of para-hydroxylation sites is 1. The summed E-state index contributed by atoms with van der Waals surface area (Å²) in [5.74, 6) is 0. The van der Waals surface area contributed by atoms with Crippen molar-refractivity contribution in [1.29, 1.82) is 0 Å². The quantitative estimate of drug-likeness (QED) is 0.164. The molecule has 0 N–H and O–H groups in total. The van der Waals surface area contributed by atoms with Gasteiger partial charge in [0.05, 0.1) is 5.41 Å². The fourth-order valence-corrected chi connectivity index (χ4v) is 10.2. The Kier molecular flexibility index (Phi) is 6.62. The minimum Gasteiger partial charge on any atom is -0.310 e. The zero-order valence-corrected chi connectivity index (χ0v) is 30.7. The number of hydrogen-bond donors (Lipinski definition) is 0. The smallest absolute Gasteiger partial charge is 0.0732 e. The van der Waals surface area contributed by atoms with Gasteiger partial charge in [0.1, 0.15) is 0 Å². The predicted octanol–water partition coefficient (Wildman–Crippen LogP) is 14.6. The summed E-state index contributed by atoms with van der Waals surface area (Å²) >= 11 is 0. The molecular formula is C55H35N. The highest BCUT2D eigenvalue weighted by molar-refractivity contribution is 6.23. The molecule has 0 atom stereocenters. The Morgan fingerprint density at radius 1 is 0.304 bits per heavy atom. The van der Waals surface area contributed by atoms with Crippen LogP contribution in [0.15, 0.2) is 212 Å². The molecule has 0 aromatic heterocycles. The van der Waals surface area contributed by atoms with Gasteiger partial charge in [-0.3, -0.25) is 0 Å². The van der Waals surface area contributed by atoms with Gasteiger partial charge in [-0.1, -0.05) is 176 Å². The lowest BCUT2D eigenvalue weighted by Crippen LogP contribution is -2.26. The van der Waals surface area contributed by atoms with Gasteiger partial charge in [0, 0.05) is 17.1 Å². The average molecular weight is 710 g/mol. The summed E-state index contributed by atoms with van der Waals surface area (Å²) in [5, 5.41) is 7.69. The van der Waals surface area contributed by atoms with Crippen LogP contribution in [-0.2, 0) is 5.41 Å². The summed E-state index contributed by atoms with van der Waals surface area (Å²) in [6.45, 7) is 0. The molecule has 2 aliphatic carbocycles. The molecule has 0 unspecified atom stereocenters. The lowest BCUT2D eigenvalue weighted by atomic mass is 9.69. The highest BCUT2D eigenvalue weighted by atomic mass is 15.1. The first-order chi connectivity index (χ1) is 27.8. The SMILES string of the molecule is c1ccc(-c2cccc(N(c3ccccc3)c3ccc4c5c(c6ccccc6c4c3)-c3c(ccc4ccccc34)C53c4ccccc4-c4ccccc43)c2)cc1. The van der Waals surface area contributed by atoms with Crippen LogP contribution in [0.25, 0.3) is 65.7 Å². The van der Waals surface area contributed by atoms with E-state index >= 15 is 0 Å². The van der Waals surface area contributed by atoms with Crippen molar-refractivity contribution in [2.75, 3.05) is 4.90 Å². The maximum Gasteiger partial charge on any atom is 0.0732 e. The Morgan fingerprint density at radius 3 is 1.66 bits per heavy atom. The van der Waals surface area contributed by atoms with Crippen molar-refractivity contribution in [3.05, 3.63) is 235 Å². The second-order valence-electron chi connectivity index (χ2n) is 15.2. The molecule has 0 amide bonds. The molecule has 10 aromatic carbocycles. The number of nitrogens with zero attached hydrogens (tertiary/aromatic N) is 1. The van der Waals surface area contributed by atoms with E-state index in [1.54, 1.807) is 0 Å². The molecule has 260 valence electrons. The van der Waals surface area contributed by atoms with Crippen LogP contribution >= 0.6 is 0 Å². The molecule has 56 heavy (non-hydrogen) atoms. The first-order valence-electron chi connectivity index (χ1n) is 19.5. The summed E-state index contributed by atoms with van der Waals surface area (Å²) in [4.78, 5) is 2.41. The van der Waals surface area contributed by atoms with E-state index in [0.717, 1.165) is 17.1 Å². The largest absolute Gasteiger partial charge is 0.310 e. The summed E-state index contributed by atoms with van der Waals surface area (Å²) < 4.78 is 0. The van der Waals surface area contributed by atoms with Crippen LogP contribution in [0.2, 0.25) is 0 Å². The number of rotatable bonds is 4. The second kappa shape index (κ2) is 11.9. The summed E-state index contributed by atoms with van der Waals surface area (Å²) in [6, 6.07) is 78.7. The lowest BCUT2D eigenvalue weighted by molar-refractivity contribution is 0.802. The normalized spacial score (nSPS) is 13.1. The minimum atomic E-state index is -0.477. The maximum atomic E-state index is 2.45. The molecule has 0 heterocycles. The van der Waals surface area contributed by atoms with E-state index in [4.69, 9.17) is 0 Å². The molecule has 0 saturated heterocycles. The van der Waals surface area contributed by atoms with Gasteiger partial charge < -0.3 is 4.90 Å². The fraction of sp³-hybridized carbons (Fsp3) is 0.0182. The molecule has 0 bridgehead atoms. The van der Waals surface area contributed by atoms with Gasteiger partial charge in [-0.05, 0) is 124 Å². The van der Waals surface area contributed by atoms with E-state index in [-0.39, 0.29) is 0 Å². The maximum absolute atomic E-state index is 2.45. The first kappa shape index (κ1) is 31.2. The van der Waals surface area contributed by atoms with Crippen molar-refractivity contribution in [1.82, 2.24) is 0 Å². The lowest BCUT2D eigenvalue weighted by Gasteiger charge is -2.32. The first-order valence-corrected chi connectivity index (χ1v) is 19.5. The van der Waals surface area contributed by atoms with Crippen LogP contribution < -0.4 is 4.90 Å². The molecule has 2 aliphatic rings. The predicted molar refractivity (Wildman–Crippen MR) is 235 cm³/mol. The van der Waals surface area contributed by atoms with Crippen molar-refractivity contribution in [2.45, 2.75) is 5.41 Å².